The lowest BCUT2D eigenvalue weighted by atomic mass is 9.95. The fraction of sp³-hybridized carbons (Fsp3) is 0.407. The molecule has 1 aliphatic rings. The fourth-order valence-electron chi connectivity index (χ4n) is 4.14. The van der Waals surface area contributed by atoms with Gasteiger partial charge < -0.3 is 24.4 Å². The molecule has 182 valence electrons. The van der Waals surface area contributed by atoms with Gasteiger partial charge in [0.25, 0.3) is 11.7 Å². The van der Waals surface area contributed by atoms with E-state index in [0.717, 1.165) is 25.1 Å². The Bertz CT molecular complexity index is 1030. The van der Waals surface area contributed by atoms with Crippen LogP contribution >= 0.6 is 0 Å². The molecule has 2 aromatic carbocycles. The number of carbonyl (C=O) groups excluding carboxylic acids is 2. The number of hydrogen-bond acceptors (Lipinski definition) is 6. The van der Waals surface area contributed by atoms with Crippen molar-refractivity contribution in [1.82, 2.24) is 9.80 Å². The van der Waals surface area contributed by atoms with Crippen LogP contribution in [0.3, 0.4) is 0 Å². The highest BCUT2D eigenvalue weighted by Gasteiger charge is 2.46. The number of likely N-dealkylation sites (tertiary alicyclic amines) is 1. The Hall–Kier alpha value is -3.32. The number of likely N-dealkylation sites (N-methyl/N-ethyl adjacent to an activating group) is 1. The number of aliphatic hydroxyl groups excluding tert-OH is 1. The predicted molar refractivity (Wildman–Crippen MR) is 132 cm³/mol. The molecule has 1 heterocycles. The van der Waals surface area contributed by atoms with Gasteiger partial charge >= 0.3 is 0 Å². The summed E-state index contributed by atoms with van der Waals surface area (Å²) in [5.41, 5.74) is 1.26. The topological polar surface area (TPSA) is 79.3 Å². The number of amides is 1. The van der Waals surface area contributed by atoms with Gasteiger partial charge in [-0.25, -0.2) is 0 Å². The van der Waals surface area contributed by atoms with Gasteiger partial charge in [0.15, 0.2) is 0 Å². The highest BCUT2D eigenvalue weighted by molar-refractivity contribution is 6.46. The van der Waals surface area contributed by atoms with Crippen molar-refractivity contribution in [2.45, 2.75) is 33.2 Å². The summed E-state index contributed by atoms with van der Waals surface area (Å²) in [6.45, 7) is 9.41. The van der Waals surface area contributed by atoms with Gasteiger partial charge in [-0.2, -0.15) is 0 Å². The van der Waals surface area contributed by atoms with E-state index in [4.69, 9.17) is 9.47 Å². The van der Waals surface area contributed by atoms with Gasteiger partial charge in [-0.1, -0.05) is 32.9 Å². The van der Waals surface area contributed by atoms with Crippen molar-refractivity contribution < 1.29 is 24.2 Å². The minimum absolute atomic E-state index is 0.0855. The molecule has 7 nitrogen and oxygen atoms in total. The number of methoxy groups -OCH3 is 1. The molecule has 3 rings (SSSR count). The van der Waals surface area contributed by atoms with E-state index in [1.807, 2.05) is 31.2 Å². The number of nitrogens with zero attached hydrogens (tertiary/aromatic N) is 2. The zero-order valence-corrected chi connectivity index (χ0v) is 20.4. The van der Waals surface area contributed by atoms with Crippen molar-refractivity contribution in [3.8, 4) is 11.5 Å². The minimum Gasteiger partial charge on any atom is -0.507 e. The molecule has 0 bridgehead atoms. The highest BCUT2D eigenvalue weighted by atomic mass is 16.5. The van der Waals surface area contributed by atoms with Gasteiger partial charge in [-0.05, 0) is 61.5 Å². The van der Waals surface area contributed by atoms with Crippen LogP contribution in [0.1, 0.15) is 44.4 Å². The lowest BCUT2D eigenvalue weighted by Crippen LogP contribution is -2.38. The molecule has 0 saturated carbocycles. The predicted octanol–water partition coefficient (Wildman–Crippen LogP) is 4.25. The molecule has 1 aliphatic heterocycles. The first-order chi connectivity index (χ1) is 16.4. The van der Waals surface area contributed by atoms with Crippen molar-refractivity contribution in [1.29, 1.82) is 0 Å². The van der Waals surface area contributed by atoms with Crippen LogP contribution in [-0.2, 0) is 9.59 Å². The second-order valence-corrected chi connectivity index (χ2v) is 8.17. The average molecular weight is 467 g/mol. The number of benzene rings is 2. The van der Waals surface area contributed by atoms with Crippen molar-refractivity contribution in [2.24, 2.45) is 0 Å². The second kappa shape index (κ2) is 11.7. The lowest BCUT2D eigenvalue weighted by Gasteiger charge is -2.28. The third-order valence-electron chi connectivity index (χ3n) is 6.10. The number of aliphatic hydroxyl groups is 1. The molecule has 0 aliphatic carbocycles. The summed E-state index contributed by atoms with van der Waals surface area (Å²) in [5.74, 6) is -0.187. The van der Waals surface area contributed by atoms with Crippen LogP contribution in [0.15, 0.2) is 54.1 Å². The van der Waals surface area contributed by atoms with Crippen LogP contribution in [0.2, 0.25) is 0 Å². The summed E-state index contributed by atoms with van der Waals surface area (Å²) in [7, 11) is 1.56. The molecule has 1 saturated heterocycles. The molecule has 2 aromatic rings. The molecular formula is C27H34N2O5. The first kappa shape index (κ1) is 25.3. The molecule has 7 heteroatoms. The van der Waals surface area contributed by atoms with Gasteiger partial charge in [0.1, 0.15) is 17.3 Å². The first-order valence-electron chi connectivity index (χ1n) is 11.8. The maximum absolute atomic E-state index is 13.2. The minimum atomic E-state index is -0.706. The van der Waals surface area contributed by atoms with E-state index in [-0.39, 0.29) is 11.3 Å². The largest absolute Gasteiger partial charge is 0.507 e. The lowest BCUT2D eigenvalue weighted by molar-refractivity contribution is -0.140. The molecule has 0 spiro atoms. The van der Waals surface area contributed by atoms with Crippen LogP contribution < -0.4 is 9.47 Å². The van der Waals surface area contributed by atoms with Gasteiger partial charge in [0, 0.05) is 18.7 Å². The van der Waals surface area contributed by atoms with E-state index in [1.54, 1.807) is 36.3 Å². The van der Waals surface area contributed by atoms with Crippen LogP contribution in [0, 0.1) is 0 Å². The third-order valence-corrected chi connectivity index (χ3v) is 6.10. The number of Topliss-reactive ketones (excluding diaryl/α,β-unsaturated/α-hetero) is 1. The van der Waals surface area contributed by atoms with Crippen LogP contribution in [0.5, 0.6) is 11.5 Å². The maximum atomic E-state index is 13.2. The molecule has 0 aromatic heterocycles. The molecule has 1 amide bonds. The van der Waals surface area contributed by atoms with E-state index in [2.05, 4.69) is 18.7 Å². The Labute approximate surface area is 201 Å². The number of rotatable bonds is 11. The number of carbonyl (C=O) groups is 2. The van der Waals surface area contributed by atoms with Crippen LogP contribution in [0.25, 0.3) is 5.76 Å². The van der Waals surface area contributed by atoms with Gasteiger partial charge in [0.2, 0.25) is 0 Å². The Morgan fingerprint density at radius 2 is 1.74 bits per heavy atom. The fourth-order valence-corrected chi connectivity index (χ4v) is 4.14. The zero-order valence-electron chi connectivity index (χ0n) is 20.4. The Morgan fingerprint density at radius 1 is 1.03 bits per heavy atom. The van der Waals surface area contributed by atoms with E-state index in [1.165, 1.54) is 0 Å². The molecule has 34 heavy (non-hydrogen) atoms. The number of hydrogen-bond donors (Lipinski definition) is 1. The van der Waals surface area contributed by atoms with Crippen molar-refractivity contribution in [3.05, 3.63) is 65.2 Å². The summed E-state index contributed by atoms with van der Waals surface area (Å²) in [6.07, 6.45) is 0.865. The summed E-state index contributed by atoms with van der Waals surface area (Å²) in [5, 5.41) is 11.2. The summed E-state index contributed by atoms with van der Waals surface area (Å²) in [4.78, 5) is 30.1. The smallest absolute Gasteiger partial charge is 0.295 e. The summed E-state index contributed by atoms with van der Waals surface area (Å²) >= 11 is 0. The van der Waals surface area contributed by atoms with Crippen LogP contribution in [0.4, 0.5) is 0 Å². The monoisotopic (exact) mass is 466 g/mol. The molecule has 1 fully saturated rings. The molecule has 0 radical (unpaired) electrons. The number of ketones is 1. The first-order valence-corrected chi connectivity index (χ1v) is 11.8. The molecule has 1 N–H and O–H groups in total. The second-order valence-electron chi connectivity index (χ2n) is 8.17. The SMILES string of the molecule is CCCOc1cccc(C2/C(=C(/O)c3ccc(OC)cc3)C(=O)C(=O)N2CCN(CC)CC)c1. The highest BCUT2D eigenvalue weighted by Crippen LogP contribution is 2.40. The average Bonchev–Trinajstić information content (AvgIpc) is 3.13. The van der Waals surface area contributed by atoms with Gasteiger partial charge in [-0.15, -0.1) is 0 Å². The van der Waals surface area contributed by atoms with Crippen molar-refractivity contribution >= 4 is 17.4 Å². The molecule has 1 atom stereocenters. The zero-order chi connectivity index (χ0) is 24.7. The normalized spacial score (nSPS) is 17.4. The number of ether oxygens (including phenoxy) is 2. The Balaban J connectivity index is 2.08. The summed E-state index contributed by atoms with van der Waals surface area (Å²) in [6, 6.07) is 13.5. The molecule has 1 unspecified atom stereocenters. The molecular weight excluding hydrogens is 432 g/mol. The van der Waals surface area contributed by atoms with E-state index >= 15 is 0 Å². The van der Waals surface area contributed by atoms with Gasteiger partial charge in [-0.3, -0.25) is 9.59 Å². The van der Waals surface area contributed by atoms with Crippen LogP contribution in [-0.4, -0.2) is 66.5 Å². The van der Waals surface area contributed by atoms with E-state index in [9.17, 15) is 14.7 Å². The van der Waals surface area contributed by atoms with E-state index < -0.39 is 17.7 Å². The van der Waals surface area contributed by atoms with Crippen molar-refractivity contribution in [3.63, 3.8) is 0 Å². The quantitative estimate of drug-likeness (QED) is 0.303. The Kier molecular flexibility index (Phi) is 8.71. The maximum Gasteiger partial charge on any atom is 0.295 e. The van der Waals surface area contributed by atoms with E-state index in [0.29, 0.717) is 36.8 Å². The Morgan fingerprint density at radius 3 is 2.35 bits per heavy atom. The summed E-state index contributed by atoms with van der Waals surface area (Å²) < 4.78 is 11.0. The van der Waals surface area contributed by atoms with Crippen molar-refractivity contribution in [2.75, 3.05) is 39.9 Å². The standard InChI is InChI=1S/C27H34N2O5/c1-5-17-34-22-10-8-9-20(18-22)24-23(25(30)19-11-13-21(33-4)14-12-19)26(31)27(32)29(24)16-15-28(6-2)7-3/h8-14,18,24,30H,5-7,15-17H2,1-4H3/b25-23-. The third kappa shape index (κ3) is 5.42. The van der Waals surface area contributed by atoms with Gasteiger partial charge in [0.05, 0.1) is 25.3 Å².